The van der Waals surface area contributed by atoms with Crippen molar-refractivity contribution in [1.82, 2.24) is 30.0 Å². The van der Waals surface area contributed by atoms with Crippen molar-refractivity contribution < 1.29 is 14.3 Å². The highest BCUT2D eigenvalue weighted by Gasteiger charge is 2.57. The van der Waals surface area contributed by atoms with E-state index < -0.39 is 11.4 Å². The Morgan fingerprint density at radius 2 is 1.93 bits per heavy atom. The summed E-state index contributed by atoms with van der Waals surface area (Å²) in [5.74, 6) is 1.00. The van der Waals surface area contributed by atoms with Crippen LogP contribution in [0.3, 0.4) is 0 Å². The van der Waals surface area contributed by atoms with Gasteiger partial charge in [-0.2, -0.15) is 0 Å². The summed E-state index contributed by atoms with van der Waals surface area (Å²) in [6, 6.07) is 6.97. The van der Waals surface area contributed by atoms with Crippen LogP contribution in [0.1, 0.15) is 28.9 Å². The van der Waals surface area contributed by atoms with Crippen molar-refractivity contribution in [2.24, 2.45) is 0 Å². The number of thioether (sulfide) groups is 1. The van der Waals surface area contributed by atoms with Crippen LogP contribution in [0, 0.1) is 0 Å². The Hall–Kier alpha value is -3.36. The molecule has 1 spiro atoms. The number of piperazine rings is 1. The molecule has 0 unspecified atom stereocenters. The Bertz CT molecular complexity index is 1670. The standard InChI is InChI=1S/C27H24Cl2N8O3S2/c1-36-7-8-37(24(39)27(36)5-6-27)22-10-17(18-9-21(29)31-13-20(18)40-2)19(12-32-22)23(38)33-25-34-35-26(42-25)41-14-16-4-3-15(28)11-30-16/h3-4,9-13H,5-8,14H2,1-2H3,(H,33,34,38). The van der Waals surface area contributed by atoms with Crippen LogP contribution in [0.5, 0.6) is 5.75 Å². The number of nitrogens with one attached hydrogen (secondary N) is 1. The van der Waals surface area contributed by atoms with E-state index in [0.29, 0.717) is 49.5 Å². The van der Waals surface area contributed by atoms with Gasteiger partial charge in [-0.1, -0.05) is 46.3 Å². The van der Waals surface area contributed by atoms with Gasteiger partial charge in [-0.25, -0.2) is 9.97 Å². The minimum atomic E-state index is -0.467. The second kappa shape index (κ2) is 11.7. The summed E-state index contributed by atoms with van der Waals surface area (Å²) in [7, 11) is 3.49. The van der Waals surface area contributed by atoms with E-state index in [9.17, 15) is 9.59 Å². The maximum atomic E-state index is 13.6. The van der Waals surface area contributed by atoms with E-state index in [2.05, 4.69) is 35.4 Å². The lowest BCUT2D eigenvalue weighted by Crippen LogP contribution is -2.57. The molecule has 4 aromatic heterocycles. The highest BCUT2D eigenvalue weighted by Crippen LogP contribution is 2.45. The Morgan fingerprint density at radius 1 is 1.10 bits per heavy atom. The Labute approximate surface area is 259 Å². The van der Waals surface area contributed by atoms with Gasteiger partial charge < -0.3 is 4.74 Å². The zero-order chi connectivity index (χ0) is 29.4. The summed E-state index contributed by atoms with van der Waals surface area (Å²) in [6.07, 6.45) is 6.18. The minimum absolute atomic E-state index is 0.0133. The van der Waals surface area contributed by atoms with Crippen LogP contribution in [0.15, 0.2) is 47.2 Å². The summed E-state index contributed by atoms with van der Waals surface area (Å²) in [6.45, 7) is 1.21. The Kier molecular flexibility index (Phi) is 8.03. The largest absolute Gasteiger partial charge is 0.494 e. The van der Waals surface area contributed by atoms with E-state index in [-0.39, 0.29) is 16.6 Å². The molecule has 11 nitrogen and oxygen atoms in total. The van der Waals surface area contributed by atoms with E-state index in [1.807, 2.05) is 13.1 Å². The highest BCUT2D eigenvalue weighted by atomic mass is 35.5. The molecule has 1 N–H and O–H groups in total. The van der Waals surface area contributed by atoms with Crippen LogP contribution in [-0.2, 0) is 10.5 Å². The molecule has 0 radical (unpaired) electrons. The molecule has 0 aromatic carbocycles. The molecule has 2 aliphatic rings. The third kappa shape index (κ3) is 5.66. The normalized spacial score (nSPS) is 16.1. The first kappa shape index (κ1) is 28.7. The minimum Gasteiger partial charge on any atom is -0.494 e. The molecule has 2 amide bonds. The number of rotatable bonds is 8. The van der Waals surface area contributed by atoms with Gasteiger partial charge in [-0.15, -0.1) is 10.2 Å². The molecule has 1 saturated carbocycles. The molecule has 2 fully saturated rings. The third-order valence-corrected chi connectivity index (χ3v) is 9.71. The maximum absolute atomic E-state index is 13.6. The molecule has 42 heavy (non-hydrogen) atoms. The van der Waals surface area contributed by atoms with Crippen molar-refractivity contribution in [3.8, 4) is 16.9 Å². The van der Waals surface area contributed by atoms with E-state index in [1.54, 1.807) is 29.3 Å². The molecule has 216 valence electrons. The van der Waals surface area contributed by atoms with Crippen molar-refractivity contribution in [3.63, 3.8) is 0 Å². The van der Waals surface area contributed by atoms with Gasteiger partial charge in [0.15, 0.2) is 4.34 Å². The molecule has 1 aliphatic heterocycles. The van der Waals surface area contributed by atoms with E-state index >= 15 is 0 Å². The van der Waals surface area contributed by atoms with Crippen LogP contribution in [0.25, 0.3) is 11.1 Å². The van der Waals surface area contributed by atoms with Gasteiger partial charge in [0.1, 0.15) is 22.3 Å². The van der Waals surface area contributed by atoms with Gasteiger partial charge in [-0.3, -0.25) is 29.7 Å². The summed E-state index contributed by atoms with van der Waals surface area (Å²) < 4.78 is 6.22. The smallest absolute Gasteiger partial charge is 0.259 e. The van der Waals surface area contributed by atoms with Crippen molar-refractivity contribution in [3.05, 3.63) is 64.3 Å². The zero-order valence-corrected chi connectivity index (χ0v) is 25.6. The summed E-state index contributed by atoms with van der Waals surface area (Å²) in [5.41, 5.74) is 1.65. The summed E-state index contributed by atoms with van der Waals surface area (Å²) in [4.78, 5) is 43.8. The number of pyridine rings is 3. The van der Waals surface area contributed by atoms with Crippen LogP contribution in [0.4, 0.5) is 10.9 Å². The quantitative estimate of drug-likeness (QED) is 0.158. The van der Waals surface area contributed by atoms with Crippen molar-refractivity contribution in [2.75, 3.05) is 37.5 Å². The fourth-order valence-corrected chi connectivity index (χ4v) is 6.74. The van der Waals surface area contributed by atoms with E-state index in [0.717, 1.165) is 25.1 Å². The number of hydrogen-bond acceptors (Lipinski definition) is 11. The lowest BCUT2D eigenvalue weighted by molar-refractivity contribution is -0.126. The van der Waals surface area contributed by atoms with Crippen LogP contribution in [-0.4, -0.2) is 74.6 Å². The number of methoxy groups -OCH3 is 1. The number of hydrogen-bond donors (Lipinski definition) is 1. The number of carbonyl (C=O) groups is 2. The van der Waals surface area contributed by atoms with Crippen LogP contribution in [0.2, 0.25) is 10.2 Å². The number of halogens is 2. The second-order valence-corrected chi connectivity index (χ2v) is 12.8. The van der Waals surface area contributed by atoms with Gasteiger partial charge in [0.05, 0.1) is 29.6 Å². The fraction of sp³-hybridized carbons (Fsp3) is 0.296. The average molecular weight is 644 g/mol. The molecular weight excluding hydrogens is 619 g/mol. The van der Waals surface area contributed by atoms with Gasteiger partial charge >= 0.3 is 0 Å². The number of likely N-dealkylation sites (N-methyl/N-ethyl adjacent to an activating group) is 1. The first-order valence-corrected chi connectivity index (χ1v) is 15.4. The number of carbonyl (C=O) groups excluding carboxylic acids is 2. The van der Waals surface area contributed by atoms with E-state index in [1.165, 1.54) is 42.6 Å². The second-order valence-electron chi connectivity index (χ2n) is 9.79. The SMILES string of the molecule is COc1cnc(Cl)cc1-c1cc(N2CCN(C)C3(CC3)C2=O)ncc1C(=O)Nc1nnc(SCc2ccc(Cl)cn2)s1. The number of aromatic nitrogens is 5. The van der Waals surface area contributed by atoms with Crippen molar-refractivity contribution in [2.45, 2.75) is 28.5 Å². The molecular formula is C27H24Cl2N8O3S2. The topological polar surface area (TPSA) is 126 Å². The number of ether oxygens (including phenoxy) is 1. The number of anilines is 2. The molecule has 6 rings (SSSR count). The Balaban J connectivity index is 1.28. The maximum Gasteiger partial charge on any atom is 0.259 e. The van der Waals surface area contributed by atoms with Gasteiger partial charge in [0.2, 0.25) is 11.0 Å². The molecule has 15 heteroatoms. The monoisotopic (exact) mass is 642 g/mol. The predicted octanol–water partition coefficient (Wildman–Crippen LogP) is 5.06. The zero-order valence-electron chi connectivity index (χ0n) is 22.5. The molecule has 1 saturated heterocycles. The Morgan fingerprint density at radius 3 is 2.67 bits per heavy atom. The van der Waals surface area contributed by atoms with Gasteiger partial charge in [-0.05, 0) is 44.2 Å². The molecule has 5 heterocycles. The lowest BCUT2D eigenvalue weighted by atomic mass is 10.0. The van der Waals surface area contributed by atoms with Gasteiger partial charge in [0, 0.05) is 42.4 Å². The first-order valence-electron chi connectivity index (χ1n) is 12.9. The van der Waals surface area contributed by atoms with Gasteiger partial charge in [0.25, 0.3) is 5.91 Å². The molecule has 0 atom stereocenters. The van der Waals surface area contributed by atoms with Crippen molar-refractivity contribution in [1.29, 1.82) is 0 Å². The third-order valence-electron chi connectivity index (χ3n) is 7.27. The molecule has 0 bridgehead atoms. The van der Waals surface area contributed by atoms with Crippen LogP contribution < -0.4 is 15.0 Å². The number of nitrogens with zero attached hydrogens (tertiary/aromatic N) is 7. The average Bonchev–Trinajstić information content (AvgIpc) is 3.68. The first-order chi connectivity index (χ1) is 20.3. The fourth-order valence-electron chi connectivity index (χ4n) is 4.81. The van der Waals surface area contributed by atoms with Crippen molar-refractivity contribution >= 4 is 69.1 Å². The summed E-state index contributed by atoms with van der Waals surface area (Å²) >= 11 is 14.9. The van der Waals surface area contributed by atoms with E-state index in [4.69, 9.17) is 27.9 Å². The highest BCUT2D eigenvalue weighted by molar-refractivity contribution is 8.00. The predicted molar refractivity (Wildman–Crippen MR) is 163 cm³/mol. The molecule has 1 aliphatic carbocycles. The molecule has 4 aromatic rings. The summed E-state index contributed by atoms with van der Waals surface area (Å²) in [5, 5.41) is 12.3. The number of amides is 2. The lowest BCUT2D eigenvalue weighted by Gasteiger charge is -2.38. The van der Waals surface area contributed by atoms with Crippen LogP contribution >= 0.6 is 46.3 Å².